The van der Waals surface area contributed by atoms with Gasteiger partial charge in [-0.3, -0.25) is 14.9 Å². The number of hydrogen-bond acceptors (Lipinski definition) is 5. The maximum absolute atomic E-state index is 12.4. The van der Waals surface area contributed by atoms with Crippen LogP contribution in [0.2, 0.25) is 0 Å². The molecule has 2 atom stereocenters. The van der Waals surface area contributed by atoms with E-state index in [0.29, 0.717) is 11.4 Å². The van der Waals surface area contributed by atoms with E-state index in [1.807, 2.05) is 6.92 Å². The van der Waals surface area contributed by atoms with E-state index in [0.717, 1.165) is 19.4 Å². The molecule has 2 unspecified atom stereocenters. The van der Waals surface area contributed by atoms with Crippen LogP contribution < -0.4 is 10.6 Å². The lowest BCUT2D eigenvalue weighted by Gasteiger charge is -2.30. The van der Waals surface area contributed by atoms with Gasteiger partial charge in [-0.05, 0) is 38.4 Å². The second-order valence-electron chi connectivity index (χ2n) is 5.89. The summed E-state index contributed by atoms with van der Waals surface area (Å²) in [5.74, 6) is -0.236. The van der Waals surface area contributed by atoms with Gasteiger partial charge in [0.25, 0.3) is 11.6 Å². The van der Waals surface area contributed by atoms with Gasteiger partial charge in [0, 0.05) is 30.4 Å². The summed E-state index contributed by atoms with van der Waals surface area (Å²) in [7, 11) is 0. The number of hydrogen-bond donors (Lipinski definition) is 2. The number of nitrogens with zero attached hydrogens (tertiary/aromatic N) is 3. The zero-order valence-corrected chi connectivity index (χ0v) is 13.3. The molecule has 0 radical (unpaired) electrons. The number of nitro benzene ring substituents is 1. The van der Waals surface area contributed by atoms with Crippen LogP contribution in [0.25, 0.3) is 5.69 Å². The molecule has 0 aliphatic carbocycles. The Hall–Kier alpha value is -2.74. The van der Waals surface area contributed by atoms with Crippen molar-refractivity contribution >= 4 is 11.6 Å². The summed E-state index contributed by atoms with van der Waals surface area (Å²) in [6.07, 6.45) is 3.58. The number of rotatable bonds is 4. The van der Waals surface area contributed by atoms with Gasteiger partial charge >= 0.3 is 0 Å². The van der Waals surface area contributed by atoms with Gasteiger partial charge < -0.3 is 10.6 Å². The van der Waals surface area contributed by atoms with E-state index < -0.39 is 4.92 Å². The highest BCUT2D eigenvalue weighted by Gasteiger charge is 2.23. The molecular formula is C16H19N5O3. The highest BCUT2D eigenvalue weighted by atomic mass is 16.6. The van der Waals surface area contributed by atoms with Crippen LogP contribution in [-0.2, 0) is 0 Å². The molecule has 2 N–H and O–H groups in total. The lowest BCUT2D eigenvalue weighted by Crippen LogP contribution is -2.52. The number of aromatic nitrogens is 2. The quantitative estimate of drug-likeness (QED) is 0.656. The number of piperidine rings is 1. The summed E-state index contributed by atoms with van der Waals surface area (Å²) in [6.45, 7) is 3.01. The van der Waals surface area contributed by atoms with Crippen LogP contribution in [0.1, 0.15) is 30.3 Å². The average molecular weight is 329 g/mol. The molecule has 8 nitrogen and oxygen atoms in total. The molecule has 1 fully saturated rings. The second-order valence-corrected chi connectivity index (χ2v) is 5.89. The summed E-state index contributed by atoms with van der Waals surface area (Å²) < 4.78 is 1.46. The number of carbonyl (C=O) groups excluding carboxylic acids is 1. The Morgan fingerprint density at radius 1 is 1.46 bits per heavy atom. The van der Waals surface area contributed by atoms with E-state index in [-0.39, 0.29) is 23.7 Å². The van der Waals surface area contributed by atoms with Crippen molar-refractivity contribution in [1.29, 1.82) is 0 Å². The standard InChI is InChI=1S/C16H19N5O3/c1-11-14(6-3-8-17-11)18-16(22)15-7-9-20(19-15)12-4-2-5-13(10-12)21(23)24/h2,4-5,7,9-11,14,17H,3,6,8H2,1H3,(H,18,22). The van der Waals surface area contributed by atoms with Gasteiger partial charge in [0.05, 0.1) is 10.6 Å². The Kier molecular flexibility index (Phi) is 4.57. The molecule has 126 valence electrons. The number of nitrogens with one attached hydrogen (secondary N) is 2. The van der Waals surface area contributed by atoms with E-state index in [4.69, 9.17) is 0 Å². The topological polar surface area (TPSA) is 102 Å². The first-order valence-electron chi connectivity index (χ1n) is 7.89. The Morgan fingerprint density at radius 2 is 2.29 bits per heavy atom. The maximum atomic E-state index is 12.4. The highest BCUT2D eigenvalue weighted by Crippen LogP contribution is 2.16. The number of non-ortho nitro benzene ring substituents is 1. The smallest absolute Gasteiger partial charge is 0.272 e. The maximum Gasteiger partial charge on any atom is 0.272 e. The third kappa shape index (κ3) is 3.43. The molecule has 1 saturated heterocycles. The molecule has 2 aromatic rings. The fourth-order valence-corrected chi connectivity index (χ4v) is 2.82. The van der Waals surface area contributed by atoms with Crippen molar-refractivity contribution in [2.75, 3.05) is 6.54 Å². The van der Waals surface area contributed by atoms with Crippen LogP contribution in [0, 0.1) is 10.1 Å². The molecule has 3 rings (SSSR count). The van der Waals surface area contributed by atoms with Crippen molar-refractivity contribution in [1.82, 2.24) is 20.4 Å². The van der Waals surface area contributed by atoms with Crippen molar-refractivity contribution < 1.29 is 9.72 Å². The molecule has 1 aromatic heterocycles. The summed E-state index contributed by atoms with van der Waals surface area (Å²) >= 11 is 0. The number of amides is 1. The lowest BCUT2D eigenvalue weighted by atomic mass is 10.00. The minimum Gasteiger partial charge on any atom is -0.346 e. The first-order chi connectivity index (χ1) is 11.5. The van der Waals surface area contributed by atoms with Crippen molar-refractivity contribution in [3.05, 3.63) is 52.3 Å². The summed E-state index contributed by atoms with van der Waals surface area (Å²) in [5, 5.41) is 21.4. The fourth-order valence-electron chi connectivity index (χ4n) is 2.82. The molecule has 0 saturated carbocycles. The van der Waals surface area contributed by atoms with Crippen LogP contribution in [0.15, 0.2) is 36.5 Å². The van der Waals surface area contributed by atoms with Crippen LogP contribution in [0.3, 0.4) is 0 Å². The van der Waals surface area contributed by atoms with Crippen molar-refractivity contribution in [3.63, 3.8) is 0 Å². The Balaban J connectivity index is 1.74. The summed E-state index contributed by atoms with van der Waals surface area (Å²) in [4.78, 5) is 22.8. The number of benzene rings is 1. The minimum atomic E-state index is -0.460. The second kappa shape index (κ2) is 6.79. The van der Waals surface area contributed by atoms with Crippen molar-refractivity contribution in [2.45, 2.75) is 31.8 Å². The van der Waals surface area contributed by atoms with Crippen LogP contribution in [0.5, 0.6) is 0 Å². The van der Waals surface area contributed by atoms with Gasteiger partial charge in [-0.1, -0.05) is 6.07 Å². The molecule has 0 spiro atoms. The van der Waals surface area contributed by atoms with Crippen molar-refractivity contribution in [2.24, 2.45) is 0 Å². The molecule has 24 heavy (non-hydrogen) atoms. The zero-order valence-electron chi connectivity index (χ0n) is 13.3. The fraction of sp³-hybridized carbons (Fsp3) is 0.375. The number of carbonyl (C=O) groups is 1. The largest absolute Gasteiger partial charge is 0.346 e. The van der Waals surface area contributed by atoms with Crippen LogP contribution >= 0.6 is 0 Å². The first-order valence-corrected chi connectivity index (χ1v) is 7.89. The molecule has 0 bridgehead atoms. The normalized spacial score (nSPS) is 20.5. The van der Waals surface area contributed by atoms with Crippen LogP contribution in [-0.4, -0.2) is 39.2 Å². The molecule has 1 amide bonds. The summed E-state index contributed by atoms with van der Waals surface area (Å²) in [6, 6.07) is 8.03. The Bertz CT molecular complexity index is 758. The van der Waals surface area contributed by atoms with Gasteiger partial charge in [0.15, 0.2) is 5.69 Å². The molecule has 1 aliphatic rings. The van der Waals surface area contributed by atoms with Crippen molar-refractivity contribution in [3.8, 4) is 5.69 Å². The van der Waals surface area contributed by atoms with Gasteiger partial charge in [0.2, 0.25) is 0 Å². The Labute approximate surface area is 139 Å². The van der Waals surface area contributed by atoms with Gasteiger partial charge in [-0.2, -0.15) is 5.10 Å². The van der Waals surface area contributed by atoms with E-state index in [1.54, 1.807) is 24.4 Å². The van der Waals surface area contributed by atoms with Gasteiger partial charge in [-0.15, -0.1) is 0 Å². The third-order valence-electron chi connectivity index (χ3n) is 4.21. The minimum absolute atomic E-state index is 0.0175. The lowest BCUT2D eigenvalue weighted by molar-refractivity contribution is -0.384. The summed E-state index contributed by atoms with van der Waals surface area (Å²) in [5.41, 5.74) is 0.811. The average Bonchev–Trinajstić information content (AvgIpc) is 3.07. The molecule has 1 aliphatic heterocycles. The SMILES string of the molecule is CC1NCCCC1NC(=O)c1ccn(-c2cccc([N+](=O)[O-])c2)n1. The predicted molar refractivity (Wildman–Crippen MR) is 88.2 cm³/mol. The van der Waals surface area contributed by atoms with Gasteiger partial charge in [-0.25, -0.2) is 4.68 Å². The first kappa shape index (κ1) is 16.1. The number of nitro groups is 1. The molecule has 2 heterocycles. The zero-order chi connectivity index (χ0) is 17.1. The highest BCUT2D eigenvalue weighted by molar-refractivity contribution is 5.92. The molecule has 1 aromatic carbocycles. The van der Waals surface area contributed by atoms with E-state index in [1.165, 1.54) is 16.8 Å². The Morgan fingerprint density at radius 3 is 3.04 bits per heavy atom. The molecular weight excluding hydrogens is 310 g/mol. The van der Waals surface area contributed by atoms with E-state index in [9.17, 15) is 14.9 Å². The van der Waals surface area contributed by atoms with E-state index in [2.05, 4.69) is 15.7 Å². The van der Waals surface area contributed by atoms with E-state index >= 15 is 0 Å². The van der Waals surface area contributed by atoms with Gasteiger partial charge in [0.1, 0.15) is 0 Å². The monoisotopic (exact) mass is 329 g/mol. The van der Waals surface area contributed by atoms with Crippen LogP contribution in [0.4, 0.5) is 5.69 Å². The third-order valence-corrected chi connectivity index (χ3v) is 4.21. The predicted octanol–water partition coefficient (Wildman–Crippen LogP) is 1.65. The molecule has 8 heteroatoms.